The van der Waals surface area contributed by atoms with Gasteiger partial charge < -0.3 is 15.0 Å². The molecule has 0 radical (unpaired) electrons. The molecule has 0 spiro atoms. The summed E-state index contributed by atoms with van der Waals surface area (Å²) >= 11 is 6.37. The molecule has 2 N–H and O–H groups in total. The molecule has 0 bridgehead atoms. The summed E-state index contributed by atoms with van der Waals surface area (Å²) in [6.07, 6.45) is 3.63. The summed E-state index contributed by atoms with van der Waals surface area (Å²) in [5, 5.41) is 4.45. The molecule has 2 aromatic rings. The molecule has 0 saturated heterocycles. The van der Waals surface area contributed by atoms with E-state index in [-0.39, 0.29) is 11.5 Å². The van der Waals surface area contributed by atoms with E-state index in [9.17, 15) is 4.79 Å². The molecule has 1 aromatic heterocycles. The van der Waals surface area contributed by atoms with Crippen LogP contribution < -0.4 is 10.1 Å². The molecule has 120 valence electrons. The van der Waals surface area contributed by atoms with Gasteiger partial charge in [-0.15, -0.1) is 0 Å². The van der Waals surface area contributed by atoms with Gasteiger partial charge in [-0.05, 0) is 38.8 Å². The van der Waals surface area contributed by atoms with Gasteiger partial charge in [0.15, 0.2) is 0 Å². The largest absolute Gasteiger partial charge is 0.488 e. The molecule has 1 aromatic carbocycles. The van der Waals surface area contributed by atoms with Crippen molar-refractivity contribution in [2.45, 2.75) is 45.6 Å². The van der Waals surface area contributed by atoms with Crippen molar-refractivity contribution in [3.8, 4) is 5.75 Å². The summed E-state index contributed by atoms with van der Waals surface area (Å²) < 4.78 is 5.94. The second-order valence-electron chi connectivity index (χ2n) is 6.42. The van der Waals surface area contributed by atoms with Crippen LogP contribution >= 0.6 is 11.6 Å². The number of amides is 1. The van der Waals surface area contributed by atoms with E-state index in [0.29, 0.717) is 11.6 Å². The number of carbonyl (C=O) groups excluding carboxylic acids is 1. The van der Waals surface area contributed by atoms with Gasteiger partial charge in [0.05, 0.1) is 10.5 Å². The Bertz CT molecular complexity index is 658. The van der Waals surface area contributed by atoms with Gasteiger partial charge in [0.1, 0.15) is 11.4 Å². The van der Waals surface area contributed by atoms with Crippen molar-refractivity contribution in [2.24, 2.45) is 0 Å². The van der Waals surface area contributed by atoms with Gasteiger partial charge in [0, 0.05) is 30.1 Å². The second kappa shape index (κ2) is 6.61. The van der Waals surface area contributed by atoms with E-state index < -0.39 is 0 Å². The number of H-pyrrole nitrogens is 1. The zero-order valence-electron chi connectivity index (χ0n) is 13.5. The molecule has 1 atom stereocenters. The molecule has 0 aliphatic heterocycles. The van der Waals surface area contributed by atoms with E-state index in [1.807, 2.05) is 39.1 Å². The van der Waals surface area contributed by atoms with Crippen molar-refractivity contribution in [3.63, 3.8) is 0 Å². The third-order valence-electron chi connectivity index (χ3n) is 3.55. The van der Waals surface area contributed by atoms with Gasteiger partial charge in [0.2, 0.25) is 6.41 Å². The average molecular weight is 323 g/mol. The number of hydrogen-bond acceptors (Lipinski definition) is 2. The Morgan fingerprint density at radius 3 is 2.73 bits per heavy atom. The zero-order chi connectivity index (χ0) is 16.3. The summed E-state index contributed by atoms with van der Waals surface area (Å²) in [6.45, 7) is 8.73. The third kappa shape index (κ3) is 3.74. The molecule has 1 unspecified atom stereocenters. The number of carbonyl (C=O) groups is 1. The minimum absolute atomic E-state index is 0.236. The lowest BCUT2D eigenvalue weighted by atomic mass is 9.96. The molecule has 0 aliphatic rings. The number of nitrogens with one attached hydrogen (secondary N) is 2. The van der Waals surface area contributed by atoms with Crippen LogP contribution in [0.1, 0.15) is 45.6 Å². The van der Waals surface area contributed by atoms with Crippen molar-refractivity contribution in [1.82, 2.24) is 10.3 Å². The Morgan fingerprint density at radius 1 is 1.41 bits per heavy atom. The molecule has 22 heavy (non-hydrogen) atoms. The molecule has 2 rings (SSSR count). The predicted molar refractivity (Wildman–Crippen MR) is 90.8 cm³/mol. The van der Waals surface area contributed by atoms with Crippen molar-refractivity contribution >= 4 is 28.9 Å². The lowest BCUT2D eigenvalue weighted by molar-refractivity contribution is -0.109. The fraction of sp³-hybridized carbons (Fsp3) is 0.471. The maximum absolute atomic E-state index is 10.6. The number of halogens is 1. The second-order valence-corrected chi connectivity index (χ2v) is 6.82. The van der Waals surface area contributed by atoms with Crippen molar-refractivity contribution in [1.29, 1.82) is 0 Å². The monoisotopic (exact) mass is 322 g/mol. The topological polar surface area (TPSA) is 54.1 Å². The third-order valence-corrected chi connectivity index (χ3v) is 3.85. The quantitative estimate of drug-likeness (QED) is 0.782. The molecule has 0 fully saturated rings. The highest BCUT2D eigenvalue weighted by Crippen LogP contribution is 2.35. The maximum Gasteiger partial charge on any atom is 0.207 e. The smallest absolute Gasteiger partial charge is 0.207 e. The van der Waals surface area contributed by atoms with Crippen molar-refractivity contribution in [2.75, 3.05) is 6.54 Å². The van der Waals surface area contributed by atoms with Crippen molar-refractivity contribution in [3.05, 3.63) is 28.9 Å². The fourth-order valence-electron chi connectivity index (χ4n) is 2.60. The van der Waals surface area contributed by atoms with Gasteiger partial charge in [-0.3, -0.25) is 4.79 Å². The van der Waals surface area contributed by atoms with Gasteiger partial charge in [-0.1, -0.05) is 18.5 Å². The summed E-state index contributed by atoms with van der Waals surface area (Å²) in [5.41, 5.74) is 1.77. The molecule has 1 amide bonds. The first-order valence-electron chi connectivity index (χ1n) is 7.52. The van der Waals surface area contributed by atoms with E-state index in [1.165, 1.54) is 0 Å². The SMILES string of the molecule is CCC(CNC=O)c1c[nH]c2c(Cl)cc(OC(C)(C)C)cc12. The first-order chi connectivity index (χ1) is 10.4. The number of aromatic amines is 1. The lowest BCUT2D eigenvalue weighted by Gasteiger charge is -2.22. The van der Waals surface area contributed by atoms with Crippen LogP contribution in [0.5, 0.6) is 5.75 Å². The summed E-state index contributed by atoms with van der Waals surface area (Å²) in [7, 11) is 0. The summed E-state index contributed by atoms with van der Waals surface area (Å²) in [5.74, 6) is 0.990. The van der Waals surface area contributed by atoms with Gasteiger partial charge in [0.25, 0.3) is 0 Å². The number of aromatic nitrogens is 1. The normalized spacial score (nSPS) is 13.1. The first kappa shape index (κ1) is 16.7. The van der Waals surface area contributed by atoms with E-state index in [1.54, 1.807) is 0 Å². The highest BCUT2D eigenvalue weighted by molar-refractivity contribution is 6.35. The number of fused-ring (bicyclic) bond motifs is 1. The van der Waals surface area contributed by atoms with E-state index >= 15 is 0 Å². The number of benzene rings is 1. The fourth-order valence-corrected chi connectivity index (χ4v) is 2.86. The van der Waals surface area contributed by atoms with Crippen LogP contribution in [-0.4, -0.2) is 23.5 Å². The summed E-state index contributed by atoms with van der Waals surface area (Å²) in [4.78, 5) is 13.8. The molecule has 5 heteroatoms. The minimum atomic E-state index is -0.281. The number of hydrogen-bond donors (Lipinski definition) is 2. The van der Waals surface area contributed by atoms with Crippen LogP contribution in [0.15, 0.2) is 18.3 Å². The van der Waals surface area contributed by atoms with Crippen LogP contribution in [0.4, 0.5) is 0 Å². The van der Waals surface area contributed by atoms with E-state index in [2.05, 4.69) is 17.2 Å². The Labute approximate surface area is 136 Å². The van der Waals surface area contributed by atoms with Gasteiger partial charge in [-0.2, -0.15) is 0 Å². The Balaban J connectivity index is 2.45. The number of ether oxygens (including phenoxy) is 1. The molecule has 4 nitrogen and oxygen atoms in total. The highest BCUT2D eigenvalue weighted by Gasteiger charge is 2.18. The lowest BCUT2D eigenvalue weighted by Crippen LogP contribution is -2.23. The van der Waals surface area contributed by atoms with Gasteiger partial charge >= 0.3 is 0 Å². The van der Waals surface area contributed by atoms with Crippen LogP contribution in [0.2, 0.25) is 5.02 Å². The van der Waals surface area contributed by atoms with Crippen LogP contribution in [-0.2, 0) is 4.79 Å². The standard InChI is InChI=1S/C17H23ClN2O2/c1-5-11(8-19-10-21)14-9-20-16-13(14)6-12(7-15(16)18)22-17(2,3)4/h6-7,9-11,20H,5,8H2,1-4H3,(H,19,21). The molecule has 0 aliphatic carbocycles. The maximum atomic E-state index is 10.6. The van der Waals surface area contributed by atoms with Crippen LogP contribution in [0.3, 0.4) is 0 Å². The zero-order valence-corrected chi connectivity index (χ0v) is 14.3. The van der Waals surface area contributed by atoms with E-state index in [0.717, 1.165) is 35.0 Å². The highest BCUT2D eigenvalue weighted by atomic mass is 35.5. The average Bonchev–Trinajstić information content (AvgIpc) is 2.82. The van der Waals surface area contributed by atoms with Crippen LogP contribution in [0.25, 0.3) is 10.9 Å². The molecule has 0 saturated carbocycles. The van der Waals surface area contributed by atoms with Crippen molar-refractivity contribution < 1.29 is 9.53 Å². The Morgan fingerprint density at radius 2 is 2.14 bits per heavy atom. The summed E-state index contributed by atoms with van der Waals surface area (Å²) in [6, 6.07) is 3.85. The Kier molecular flexibility index (Phi) is 5.01. The van der Waals surface area contributed by atoms with E-state index in [4.69, 9.17) is 16.3 Å². The predicted octanol–water partition coefficient (Wildman–Crippen LogP) is 4.24. The van der Waals surface area contributed by atoms with Crippen LogP contribution in [0, 0.1) is 0 Å². The minimum Gasteiger partial charge on any atom is -0.488 e. The molecule has 1 heterocycles. The molecular weight excluding hydrogens is 300 g/mol. The number of rotatable bonds is 6. The first-order valence-corrected chi connectivity index (χ1v) is 7.90. The molecular formula is C17H23ClN2O2. The Hall–Kier alpha value is -1.68. The van der Waals surface area contributed by atoms with Gasteiger partial charge in [-0.25, -0.2) is 0 Å².